The summed E-state index contributed by atoms with van der Waals surface area (Å²) in [6, 6.07) is 8.15. The second kappa shape index (κ2) is 7.29. The van der Waals surface area contributed by atoms with Crippen LogP contribution < -0.4 is 10.2 Å². The van der Waals surface area contributed by atoms with Crippen LogP contribution in [0.4, 0.5) is 5.13 Å². The maximum absolute atomic E-state index is 12.2. The predicted octanol–water partition coefficient (Wildman–Crippen LogP) is 2.65. The number of anilines is 1. The van der Waals surface area contributed by atoms with Crippen LogP contribution in [0.15, 0.2) is 35.8 Å². The molecular weight excluding hydrogens is 348 g/mol. The Morgan fingerprint density at radius 1 is 1.35 bits per heavy atom. The van der Waals surface area contributed by atoms with Crippen LogP contribution >= 0.6 is 11.3 Å². The van der Waals surface area contributed by atoms with Crippen LogP contribution in [0.1, 0.15) is 24.1 Å². The summed E-state index contributed by atoms with van der Waals surface area (Å²) in [6.07, 6.45) is 4.48. The molecule has 134 valence electrons. The molecule has 3 heterocycles. The van der Waals surface area contributed by atoms with Crippen molar-refractivity contribution in [2.24, 2.45) is 0 Å². The van der Waals surface area contributed by atoms with Gasteiger partial charge >= 0.3 is 0 Å². The van der Waals surface area contributed by atoms with E-state index in [2.05, 4.69) is 21.4 Å². The monoisotopic (exact) mass is 368 g/mol. The number of hydrogen-bond acceptors (Lipinski definition) is 4. The third-order valence-electron chi connectivity index (χ3n) is 4.58. The Morgan fingerprint density at radius 3 is 3.08 bits per heavy atom. The highest BCUT2D eigenvalue weighted by Gasteiger charge is 2.24. The van der Waals surface area contributed by atoms with Crippen molar-refractivity contribution < 1.29 is 9.59 Å². The van der Waals surface area contributed by atoms with Crippen molar-refractivity contribution in [1.82, 2.24) is 15.3 Å². The summed E-state index contributed by atoms with van der Waals surface area (Å²) >= 11 is 1.43. The average Bonchev–Trinajstić information content (AvgIpc) is 3.35. The summed E-state index contributed by atoms with van der Waals surface area (Å²) in [6.45, 7) is 1.31. The minimum Gasteiger partial charge on any atom is -0.361 e. The normalized spacial score (nSPS) is 14.3. The van der Waals surface area contributed by atoms with E-state index in [0.717, 1.165) is 24.9 Å². The molecule has 0 unspecified atom stereocenters. The van der Waals surface area contributed by atoms with Gasteiger partial charge in [-0.1, -0.05) is 18.2 Å². The number of H-pyrrole nitrogens is 1. The molecule has 2 amide bonds. The third kappa shape index (κ3) is 3.48. The highest BCUT2D eigenvalue weighted by atomic mass is 32.1. The molecule has 0 atom stereocenters. The van der Waals surface area contributed by atoms with Crippen molar-refractivity contribution in [3.63, 3.8) is 0 Å². The average molecular weight is 368 g/mol. The van der Waals surface area contributed by atoms with Crippen molar-refractivity contribution in [3.05, 3.63) is 47.1 Å². The van der Waals surface area contributed by atoms with Gasteiger partial charge in [-0.15, -0.1) is 11.3 Å². The van der Waals surface area contributed by atoms with Gasteiger partial charge in [0, 0.05) is 42.0 Å². The van der Waals surface area contributed by atoms with E-state index >= 15 is 0 Å². The van der Waals surface area contributed by atoms with E-state index in [4.69, 9.17) is 0 Å². The van der Waals surface area contributed by atoms with Gasteiger partial charge in [0.05, 0.1) is 12.1 Å². The molecule has 1 aliphatic heterocycles. The number of aromatic nitrogens is 2. The van der Waals surface area contributed by atoms with E-state index < -0.39 is 0 Å². The molecule has 1 fully saturated rings. The summed E-state index contributed by atoms with van der Waals surface area (Å²) < 4.78 is 0. The number of amides is 2. The zero-order valence-electron chi connectivity index (χ0n) is 14.3. The third-order valence-corrected chi connectivity index (χ3v) is 5.49. The number of aromatic amines is 1. The van der Waals surface area contributed by atoms with Crippen LogP contribution in [0.2, 0.25) is 0 Å². The Balaban J connectivity index is 1.29. The SMILES string of the molecule is O=C(Cc1csc(N2CCCC2=O)n1)NCCc1c[nH]c2ccccc12. The first-order valence-corrected chi connectivity index (χ1v) is 9.65. The largest absolute Gasteiger partial charge is 0.361 e. The van der Waals surface area contributed by atoms with Crippen molar-refractivity contribution >= 4 is 39.2 Å². The van der Waals surface area contributed by atoms with E-state index in [0.29, 0.717) is 23.8 Å². The lowest BCUT2D eigenvalue weighted by molar-refractivity contribution is -0.120. The quantitative estimate of drug-likeness (QED) is 0.702. The molecular formula is C19H20N4O2S. The summed E-state index contributed by atoms with van der Waals surface area (Å²) in [5.41, 5.74) is 3.03. The van der Waals surface area contributed by atoms with Gasteiger partial charge in [0.2, 0.25) is 11.8 Å². The van der Waals surface area contributed by atoms with Crippen molar-refractivity contribution in [2.75, 3.05) is 18.0 Å². The number of rotatable bonds is 6. The molecule has 2 N–H and O–H groups in total. The minimum absolute atomic E-state index is 0.0468. The zero-order valence-corrected chi connectivity index (χ0v) is 15.1. The zero-order chi connectivity index (χ0) is 17.9. The fraction of sp³-hybridized carbons (Fsp3) is 0.316. The molecule has 0 spiro atoms. The number of nitrogens with one attached hydrogen (secondary N) is 2. The molecule has 1 saturated heterocycles. The molecule has 1 aliphatic rings. The van der Waals surface area contributed by atoms with Gasteiger partial charge in [-0.05, 0) is 24.5 Å². The molecule has 4 rings (SSSR count). The molecule has 26 heavy (non-hydrogen) atoms. The lowest BCUT2D eigenvalue weighted by atomic mass is 10.1. The number of carbonyl (C=O) groups excluding carboxylic acids is 2. The van der Waals surface area contributed by atoms with Gasteiger partial charge in [0.15, 0.2) is 5.13 Å². The predicted molar refractivity (Wildman–Crippen MR) is 102 cm³/mol. The number of benzene rings is 1. The maximum atomic E-state index is 12.2. The summed E-state index contributed by atoms with van der Waals surface area (Å²) in [7, 11) is 0. The number of para-hydroxylation sites is 1. The van der Waals surface area contributed by atoms with Crippen molar-refractivity contribution in [1.29, 1.82) is 0 Å². The van der Waals surface area contributed by atoms with Crippen LogP contribution in [-0.2, 0) is 22.4 Å². The smallest absolute Gasteiger partial charge is 0.228 e. The molecule has 0 saturated carbocycles. The van der Waals surface area contributed by atoms with E-state index in [1.165, 1.54) is 22.3 Å². The van der Waals surface area contributed by atoms with Crippen molar-refractivity contribution in [3.8, 4) is 0 Å². The Kier molecular flexibility index (Phi) is 4.71. The number of hydrogen-bond donors (Lipinski definition) is 2. The lowest BCUT2D eigenvalue weighted by Crippen LogP contribution is -2.27. The van der Waals surface area contributed by atoms with Crippen LogP contribution in [0.3, 0.4) is 0 Å². The van der Waals surface area contributed by atoms with E-state index in [9.17, 15) is 9.59 Å². The molecule has 3 aromatic rings. The maximum Gasteiger partial charge on any atom is 0.228 e. The number of fused-ring (bicyclic) bond motifs is 1. The van der Waals surface area contributed by atoms with Gasteiger partial charge in [-0.3, -0.25) is 14.5 Å². The highest BCUT2D eigenvalue weighted by Crippen LogP contribution is 2.25. The fourth-order valence-electron chi connectivity index (χ4n) is 3.25. The standard InChI is InChI=1S/C19H20N4O2S/c24-17(10-14-12-26-19(22-14)23-9-3-6-18(23)25)20-8-7-13-11-21-16-5-2-1-4-15(13)16/h1-2,4-5,11-12,21H,3,6-10H2,(H,20,24). The van der Waals surface area contributed by atoms with Gasteiger partial charge < -0.3 is 10.3 Å². The van der Waals surface area contributed by atoms with Crippen LogP contribution in [0, 0.1) is 0 Å². The summed E-state index contributed by atoms with van der Waals surface area (Å²) in [5.74, 6) is 0.0727. The first-order valence-electron chi connectivity index (χ1n) is 8.77. The Hall–Kier alpha value is -2.67. The van der Waals surface area contributed by atoms with Gasteiger partial charge in [0.25, 0.3) is 0 Å². The molecule has 0 bridgehead atoms. The molecule has 0 radical (unpaired) electrons. The number of carbonyl (C=O) groups is 2. The van der Waals surface area contributed by atoms with Gasteiger partial charge in [-0.25, -0.2) is 4.98 Å². The minimum atomic E-state index is -0.0468. The first kappa shape index (κ1) is 16.8. The molecule has 1 aromatic carbocycles. The van der Waals surface area contributed by atoms with E-state index in [-0.39, 0.29) is 18.2 Å². The topological polar surface area (TPSA) is 78.1 Å². The second-order valence-electron chi connectivity index (χ2n) is 6.41. The number of thiazole rings is 1. The first-order chi connectivity index (χ1) is 12.7. The fourth-order valence-corrected chi connectivity index (χ4v) is 4.12. The van der Waals surface area contributed by atoms with Crippen LogP contribution in [0.5, 0.6) is 0 Å². The molecule has 7 heteroatoms. The molecule has 2 aromatic heterocycles. The summed E-state index contributed by atoms with van der Waals surface area (Å²) in [5, 5.41) is 6.71. The Morgan fingerprint density at radius 2 is 2.23 bits per heavy atom. The second-order valence-corrected chi connectivity index (χ2v) is 7.24. The van der Waals surface area contributed by atoms with Gasteiger partial charge in [-0.2, -0.15) is 0 Å². The highest BCUT2D eigenvalue weighted by molar-refractivity contribution is 7.14. The van der Waals surface area contributed by atoms with Crippen molar-refractivity contribution in [2.45, 2.75) is 25.7 Å². The Bertz CT molecular complexity index is 946. The molecule has 0 aliphatic carbocycles. The van der Waals surface area contributed by atoms with E-state index in [1.807, 2.05) is 29.8 Å². The lowest BCUT2D eigenvalue weighted by Gasteiger charge is -2.10. The van der Waals surface area contributed by atoms with E-state index in [1.54, 1.807) is 4.90 Å². The molecule has 6 nitrogen and oxygen atoms in total. The summed E-state index contributed by atoms with van der Waals surface area (Å²) in [4.78, 5) is 33.3. The number of nitrogens with zero attached hydrogens (tertiary/aromatic N) is 2. The van der Waals surface area contributed by atoms with Crippen LogP contribution in [0.25, 0.3) is 10.9 Å². The Labute approximate surface area is 155 Å². The van der Waals surface area contributed by atoms with Crippen LogP contribution in [-0.4, -0.2) is 34.9 Å². The van der Waals surface area contributed by atoms with Gasteiger partial charge in [0.1, 0.15) is 0 Å².